The number of nitrogens with zero attached hydrogens (tertiary/aromatic N) is 1. The van der Waals surface area contributed by atoms with Crippen molar-refractivity contribution in [3.05, 3.63) is 51.6 Å². The van der Waals surface area contributed by atoms with E-state index < -0.39 is 119 Å². The minimum absolute atomic E-state index is 0.00363. The first-order chi connectivity index (χ1) is 26.4. The summed E-state index contributed by atoms with van der Waals surface area (Å²) in [5.41, 5.74) is -3.41. The molecule has 306 valence electrons. The molecule has 6 N–H and O–H groups in total. The van der Waals surface area contributed by atoms with Crippen molar-refractivity contribution in [2.45, 2.75) is 146 Å². The molecule has 16 heteroatoms. The Bertz CT molecular complexity index is 1870. The Morgan fingerprint density at radius 2 is 1.43 bits per heavy atom. The van der Waals surface area contributed by atoms with E-state index in [1.165, 1.54) is 6.07 Å². The van der Waals surface area contributed by atoms with Gasteiger partial charge in [0.2, 0.25) is 5.78 Å². The predicted octanol–water partition coefficient (Wildman–Crippen LogP) is 2.64. The van der Waals surface area contributed by atoms with Crippen molar-refractivity contribution in [2.75, 3.05) is 14.1 Å². The van der Waals surface area contributed by atoms with Gasteiger partial charge in [-0.15, -0.1) is 0 Å². The molecule has 3 aliphatic heterocycles. The number of phenols is 3. The molecule has 0 bridgehead atoms. The van der Waals surface area contributed by atoms with Crippen LogP contribution >= 0.6 is 0 Å². The highest BCUT2D eigenvalue weighted by Crippen LogP contribution is 2.54. The molecule has 3 heterocycles. The standard InChI is InChI=1S/C40H51NO15/c1-7-40(50)15-26(46)19-12-20-30(36(49)33-24(44)9-8-23(43)32(33)34(20)47)35(48)31(19)39(40)56-28-13-21(41(5)6)37(17(3)52-28)55-29-14-25(45)38(18(4)53-29)54-27-11-10-22(42)16(2)51-27/h8-9,12,16-18,21,25-29,37-39,43-46,48,50H,7,10-11,13-15H2,1-6H3. The summed E-state index contributed by atoms with van der Waals surface area (Å²) in [6.07, 6.45) is -8.39. The van der Waals surface area contributed by atoms with Crippen LogP contribution in [0.15, 0.2) is 18.2 Å². The van der Waals surface area contributed by atoms with E-state index in [4.69, 9.17) is 28.4 Å². The Balaban J connectivity index is 1.11. The summed E-state index contributed by atoms with van der Waals surface area (Å²) in [5.74, 6) is -3.54. The molecule has 3 fully saturated rings. The molecule has 13 unspecified atom stereocenters. The average Bonchev–Trinajstić information content (AvgIpc) is 3.13. The Kier molecular flexibility index (Phi) is 11.1. The minimum Gasteiger partial charge on any atom is -0.507 e. The molecule has 0 spiro atoms. The van der Waals surface area contributed by atoms with Crippen molar-refractivity contribution >= 4 is 17.3 Å². The van der Waals surface area contributed by atoms with Crippen molar-refractivity contribution < 1.29 is 73.4 Å². The van der Waals surface area contributed by atoms with E-state index in [0.717, 1.165) is 12.1 Å². The van der Waals surface area contributed by atoms with Crippen molar-refractivity contribution in [3.63, 3.8) is 0 Å². The highest BCUT2D eigenvalue weighted by molar-refractivity contribution is 6.31. The molecule has 2 aromatic rings. The van der Waals surface area contributed by atoms with Gasteiger partial charge in [0.1, 0.15) is 41.7 Å². The highest BCUT2D eigenvalue weighted by Gasteiger charge is 2.52. The number of aliphatic hydroxyl groups excluding tert-OH is 2. The Labute approximate surface area is 323 Å². The number of ketones is 3. The molecule has 5 aliphatic rings. The maximum Gasteiger partial charge on any atom is 0.202 e. The van der Waals surface area contributed by atoms with Gasteiger partial charge in [-0.25, -0.2) is 0 Å². The Morgan fingerprint density at radius 1 is 0.821 bits per heavy atom. The first kappa shape index (κ1) is 40.6. The largest absolute Gasteiger partial charge is 0.507 e. The summed E-state index contributed by atoms with van der Waals surface area (Å²) >= 11 is 0. The van der Waals surface area contributed by atoms with Crippen LogP contribution in [0.2, 0.25) is 0 Å². The number of hydrogen-bond acceptors (Lipinski definition) is 16. The maximum atomic E-state index is 13.8. The van der Waals surface area contributed by atoms with Gasteiger partial charge in [0.05, 0.1) is 46.7 Å². The summed E-state index contributed by atoms with van der Waals surface area (Å²) < 4.78 is 37.3. The first-order valence-corrected chi connectivity index (χ1v) is 19.2. The van der Waals surface area contributed by atoms with Gasteiger partial charge < -0.3 is 64.0 Å². The third kappa shape index (κ3) is 7.03. The maximum absolute atomic E-state index is 13.8. The molecule has 0 aromatic heterocycles. The number of fused-ring (bicyclic) bond motifs is 3. The quantitative estimate of drug-likeness (QED) is 0.180. The highest BCUT2D eigenvalue weighted by atomic mass is 16.7. The molecule has 2 aliphatic carbocycles. The second-order valence-electron chi connectivity index (χ2n) is 15.9. The van der Waals surface area contributed by atoms with E-state index in [9.17, 15) is 45.0 Å². The Morgan fingerprint density at radius 3 is 2.04 bits per heavy atom. The summed E-state index contributed by atoms with van der Waals surface area (Å²) in [6, 6.07) is 3.07. The van der Waals surface area contributed by atoms with Gasteiger partial charge >= 0.3 is 0 Å². The van der Waals surface area contributed by atoms with Gasteiger partial charge in [0.25, 0.3) is 0 Å². The normalized spacial score (nSPS) is 37.3. The number of ether oxygens (including phenoxy) is 6. The fourth-order valence-electron chi connectivity index (χ4n) is 8.86. The fourth-order valence-corrected chi connectivity index (χ4v) is 8.86. The smallest absolute Gasteiger partial charge is 0.202 e. The zero-order valence-corrected chi connectivity index (χ0v) is 32.2. The molecule has 16 nitrogen and oxygen atoms in total. The van der Waals surface area contributed by atoms with Crippen molar-refractivity contribution in [1.29, 1.82) is 0 Å². The van der Waals surface area contributed by atoms with Crippen molar-refractivity contribution in [2.24, 2.45) is 0 Å². The minimum atomic E-state index is -1.76. The van der Waals surface area contributed by atoms with Gasteiger partial charge in [-0.3, -0.25) is 14.4 Å². The summed E-state index contributed by atoms with van der Waals surface area (Å²) in [4.78, 5) is 41.3. The number of aromatic hydroxyl groups is 3. The molecule has 13 atom stereocenters. The molecule has 3 saturated heterocycles. The molecule has 56 heavy (non-hydrogen) atoms. The van der Waals surface area contributed by atoms with E-state index in [-0.39, 0.29) is 54.2 Å². The van der Waals surface area contributed by atoms with Gasteiger partial charge in [-0.2, -0.15) is 0 Å². The predicted molar refractivity (Wildman–Crippen MR) is 193 cm³/mol. The second-order valence-corrected chi connectivity index (χ2v) is 15.9. The van der Waals surface area contributed by atoms with Crippen LogP contribution in [0.25, 0.3) is 0 Å². The van der Waals surface area contributed by atoms with Crippen LogP contribution in [-0.4, -0.2) is 134 Å². The molecule has 0 amide bonds. The van der Waals surface area contributed by atoms with Gasteiger partial charge in [-0.05, 0) is 65.0 Å². The Hall–Kier alpha value is -3.55. The molecule has 7 rings (SSSR count). The number of carbonyl (C=O) groups is 3. The number of rotatable bonds is 8. The number of benzene rings is 2. The zero-order valence-electron chi connectivity index (χ0n) is 32.2. The third-order valence-electron chi connectivity index (χ3n) is 12.0. The van der Waals surface area contributed by atoms with Crippen LogP contribution in [0, 0.1) is 0 Å². The van der Waals surface area contributed by atoms with Gasteiger partial charge in [0.15, 0.2) is 30.4 Å². The molecule has 0 radical (unpaired) electrons. The lowest BCUT2D eigenvalue weighted by atomic mass is 9.71. The van der Waals surface area contributed by atoms with Crippen LogP contribution < -0.4 is 0 Å². The molecule has 0 saturated carbocycles. The number of phenolic OH excluding ortho intramolecular Hbond substituents is 3. The van der Waals surface area contributed by atoms with Crippen molar-refractivity contribution in [1.82, 2.24) is 4.90 Å². The van der Waals surface area contributed by atoms with E-state index in [1.54, 1.807) is 27.7 Å². The summed E-state index contributed by atoms with van der Waals surface area (Å²) in [6.45, 7) is 6.92. The van der Waals surface area contributed by atoms with Crippen LogP contribution in [0.1, 0.15) is 121 Å². The molecule has 2 aromatic carbocycles. The lowest BCUT2D eigenvalue weighted by Gasteiger charge is -2.49. The average molecular weight is 786 g/mol. The number of carbonyl (C=O) groups excluding carboxylic acids is 3. The lowest BCUT2D eigenvalue weighted by molar-refractivity contribution is -0.328. The van der Waals surface area contributed by atoms with Gasteiger partial charge in [0, 0.05) is 49.3 Å². The van der Waals surface area contributed by atoms with E-state index in [2.05, 4.69) is 0 Å². The van der Waals surface area contributed by atoms with Crippen LogP contribution in [0.3, 0.4) is 0 Å². The SMILES string of the molecule is CCC1(O)CC(O)c2cc3c(c(O)c2C1OC1CC(N(C)C)C(OC2CC(O)C(OC4CCC(=O)C(C)O4)C(C)O2)C(C)O1)C(=O)c1c(O)ccc(O)c1C3=O. The van der Waals surface area contributed by atoms with E-state index in [1.807, 2.05) is 19.0 Å². The number of aliphatic hydroxyl groups is 3. The number of hydrogen-bond donors (Lipinski definition) is 6. The summed E-state index contributed by atoms with van der Waals surface area (Å²) in [5, 5.41) is 67.3. The lowest BCUT2D eigenvalue weighted by Crippen LogP contribution is -2.58. The van der Waals surface area contributed by atoms with Crippen LogP contribution in [0.5, 0.6) is 17.2 Å². The molecular formula is C40H51NO15. The third-order valence-corrected chi connectivity index (χ3v) is 12.0. The van der Waals surface area contributed by atoms with E-state index in [0.29, 0.717) is 12.8 Å². The fraction of sp³-hybridized carbons (Fsp3) is 0.625. The van der Waals surface area contributed by atoms with Crippen LogP contribution in [0.4, 0.5) is 0 Å². The monoisotopic (exact) mass is 785 g/mol. The van der Waals surface area contributed by atoms with E-state index >= 15 is 0 Å². The topological polar surface area (TPSA) is 231 Å². The summed E-state index contributed by atoms with van der Waals surface area (Å²) in [7, 11) is 3.71. The van der Waals surface area contributed by atoms with Gasteiger partial charge in [-0.1, -0.05) is 6.92 Å². The second kappa shape index (κ2) is 15.3. The van der Waals surface area contributed by atoms with Crippen LogP contribution in [-0.2, 0) is 33.2 Å². The zero-order chi connectivity index (χ0) is 40.5. The molecular weight excluding hydrogens is 734 g/mol. The van der Waals surface area contributed by atoms with Crippen molar-refractivity contribution in [3.8, 4) is 17.2 Å². The first-order valence-electron chi connectivity index (χ1n) is 19.2. The number of likely N-dealkylation sites (N-methyl/N-ethyl adjacent to an activating group) is 1. The number of Topliss-reactive ketones (excluding diaryl/α,β-unsaturated/α-hetero) is 1.